The first kappa shape index (κ1) is 14.8. The zero-order valence-corrected chi connectivity index (χ0v) is 13.5. The van der Waals surface area contributed by atoms with Gasteiger partial charge in [0.25, 0.3) is 5.69 Å². The highest BCUT2D eigenvalue weighted by Gasteiger charge is 2.51. The summed E-state index contributed by atoms with van der Waals surface area (Å²) in [6, 6.07) is 6.77. The molecule has 0 unspecified atom stereocenters. The number of ether oxygens (including phenoxy) is 1. The van der Waals surface area contributed by atoms with Crippen molar-refractivity contribution in [2.45, 2.75) is 32.6 Å². The van der Waals surface area contributed by atoms with Gasteiger partial charge in [-0.25, -0.2) is 9.78 Å². The van der Waals surface area contributed by atoms with Crippen molar-refractivity contribution < 1.29 is 23.9 Å². The van der Waals surface area contributed by atoms with Gasteiger partial charge in [-0.3, -0.25) is 0 Å². The van der Waals surface area contributed by atoms with Gasteiger partial charge in [0.05, 0.1) is 6.61 Å². The summed E-state index contributed by atoms with van der Waals surface area (Å²) < 4.78 is 7.05. The fourth-order valence-electron chi connectivity index (χ4n) is 3.44. The Morgan fingerprint density at radius 3 is 2.92 bits per heavy atom. The molecule has 122 valence electrons. The second-order valence-electron chi connectivity index (χ2n) is 6.00. The van der Waals surface area contributed by atoms with E-state index in [2.05, 4.69) is 4.98 Å². The van der Waals surface area contributed by atoms with Crippen molar-refractivity contribution in [2.24, 2.45) is 0 Å². The van der Waals surface area contributed by atoms with Gasteiger partial charge in [0.1, 0.15) is 11.4 Å². The van der Waals surface area contributed by atoms with E-state index in [1.54, 1.807) is 29.0 Å². The summed E-state index contributed by atoms with van der Waals surface area (Å²) in [5.41, 5.74) is 2.91. The van der Waals surface area contributed by atoms with Crippen LogP contribution >= 0.6 is 0 Å². The molecule has 2 heterocycles. The quantitative estimate of drug-likeness (QED) is 0.807. The van der Waals surface area contributed by atoms with Crippen LogP contribution in [0.4, 0.5) is 10.5 Å². The molecule has 1 aromatic carbocycles. The van der Waals surface area contributed by atoms with Crippen molar-refractivity contribution in [3.05, 3.63) is 47.5 Å². The maximum Gasteiger partial charge on any atom is 0.512 e. The number of aryl methyl sites for hydroxylation is 1. The van der Waals surface area contributed by atoms with Gasteiger partial charge < -0.3 is 4.74 Å². The van der Waals surface area contributed by atoms with Gasteiger partial charge in [-0.2, -0.15) is 4.79 Å². The van der Waals surface area contributed by atoms with Crippen molar-refractivity contribution in [1.29, 1.82) is 0 Å². The zero-order chi connectivity index (χ0) is 16.7. The topological polar surface area (TPSA) is 64.6 Å². The molecule has 0 radical (unpaired) electrons. The lowest BCUT2D eigenvalue weighted by Crippen LogP contribution is -2.52. The highest BCUT2D eigenvalue weighted by Crippen LogP contribution is 2.26. The molecule has 2 aliphatic rings. The van der Waals surface area contributed by atoms with Crippen LogP contribution in [0.1, 0.15) is 41.6 Å². The van der Waals surface area contributed by atoms with Crippen LogP contribution in [0.25, 0.3) is 0 Å². The molecule has 6 heteroatoms. The highest BCUT2D eigenvalue weighted by molar-refractivity contribution is 6.20. The fraction of sp³-hybridized carbons (Fsp3) is 0.333. The summed E-state index contributed by atoms with van der Waals surface area (Å²) >= 11 is 0. The number of aromatic amines is 1. The number of carbonyl (C=O) groups excluding carboxylic acids is 2. The lowest BCUT2D eigenvalue weighted by molar-refractivity contribution is -0.596. The van der Waals surface area contributed by atoms with Crippen LogP contribution in [0.2, 0.25) is 0 Å². The smallest absolute Gasteiger partial charge is 0.494 e. The number of aromatic nitrogens is 2. The number of anilines is 1. The van der Waals surface area contributed by atoms with Gasteiger partial charge in [0.15, 0.2) is 5.69 Å². The van der Waals surface area contributed by atoms with Crippen LogP contribution in [0.3, 0.4) is 0 Å². The van der Waals surface area contributed by atoms with Crippen molar-refractivity contribution in [3.63, 3.8) is 0 Å². The Labute approximate surface area is 139 Å². The normalized spacial score (nSPS) is 16.1. The van der Waals surface area contributed by atoms with Crippen molar-refractivity contribution in [3.8, 4) is 5.75 Å². The Balaban J connectivity index is 1.79. The van der Waals surface area contributed by atoms with Crippen LogP contribution in [0, 0.1) is 0 Å². The van der Waals surface area contributed by atoms with Crippen LogP contribution < -0.4 is 19.2 Å². The van der Waals surface area contributed by atoms with Crippen LogP contribution in [0.5, 0.6) is 5.75 Å². The van der Waals surface area contributed by atoms with Gasteiger partial charge in [-0.05, 0) is 31.9 Å². The van der Waals surface area contributed by atoms with E-state index >= 15 is 0 Å². The molecule has 1 aromatic heterocycles. The molecule has 6 nitrogen and oxygen atoms in total. The number of imide groups is 1. The average molecular weight is 325 g/mol. The molecular formula is C18H19N3O3+2. The molecule has 0 fully saturated rings. The third-order valence-corrected chi connectivity index (χ3v) is 4.52. The largest absolute Gasteiger partial charge is 0.512 e. The van der Waals surface area contributed by atoms with Gasteiger partial charge in [-0.15, -0.1) is 9.47 Å². The monoisotopic (exact) mass is 325 g/mol. The van der Waals surface area contributed by atoms with E-state index in [0.29, 0.717) is 23.7 Å². The van der Waals surface area contributed by atoms with E-state index in [9.17, 15) is 9.59 Å². The average Bonchev–Trinajstić information content (AvgIpc) is 2.86. The van der Waals surface area contributed by atoms with Crippen LogP contribution in [0.15, 0.2) is 30.5 Å². The summed E-state index contributed by atoms with van der Waals surface area (Å²) in [4.78, 5) is 30.2. The first-order chi connectivity index (χ1) is 11.7. The number of nitrogens with one attached hydrogen (secondary N) is 1. The molecular weight excluding hydrogens is 306 g/mol. The molecule has 0 saturated heterocycles. The van der Waals surface area contributed by atoms with E-state index < -0.39 is 0 Å². The molecule has 2 amide bonds. The predicted octanol–water partition coefficient (Wildman–Crippen LogP) is 1.69. The molecule has 0 saturated carbocycles. The number of rotatable bonds is 3. The molecule has 0 spiro atoms. The summed E-state index contributed by atoms with van der Waals surface area (Å²) in [5.74, 6) is 0.336. The van der Waals surface area contributed by atoms with E-state index in [1.807, 2.05) is 13.0 Å². The molecule has 0 bridgehead atoms. The minimum absolute atomic E-state index is 0.307. The number of amides is 2. The first-order valence-corrected chi connectivity index (χ1v) is 8.31. The molecule has 2 aromatic rings. The Morgan fingerprint density at radius 2 is 2.08 bits per heavy atom. The number of fused-ring (bicyclic) bond motifs is 3. The van der Waals surface area contributed by atoms with Crippen LogP contribution in [-0.2, 0) is 12.8 Å². The van der Waals surface area contributed by atoms with Crippen molar-refractivity contribution in [1.82, 2.24) is 0 Å². The van der Waals surface area contributed by atoms with Gasteiger partial charge in [0.2, 0.25) is 11.9 Å². The number of hydrogen-bond donors (Lipinski definition) is 0. The van der Waals surface area contributed by atoms with E-state index in [1.165, 1.54) is 4.90 Å². The SMILES string of the molecule is CCOc1cccc(N2C(=O)c3c[nH+]c4c([n+]3C2=O)CCCC4)c1. The van der Waals surface area contributed by atoms with Gasteiger partial charge in [0, 0.05) is 18.9 Å². The minimum Gasteiger partial charge on any atom is -0.494 e. The summed E-state index contributed by atoms with van der Waals surface area (Å²) in [7, 11) is 0. The Kier molecular flexibility index (Phi) is 3.52. The Hall–Kier alpha value is -2.76. The standard InChI is InChI=1S/C18H18N3O3/c1-2-24-13-7-5-6-12(10-13)20-17(22)16-11-19-14-8-3-4-9-15(14)21(16)18(20)23/h5-7,10-11H,2-4,8-9H2,1H3/q+1/p+1. The maximum absolute atomic E-state index is 13.0. The number of hydrogen-bond acceptors (Lipinski definition) is 3. The van der Waals surface area contributed by atoms with E-state index in [4.69, 9.17) is 4.74 Å². The van der Waals surface area contributed by atoms with Crippen molar-refractivity contribution in [2.75, 3.05) is 11.5 Å². The summed E-state index contributed by atoms with van der Waals surface area (Å²) in [6.45, 7) is 2.43. The second-order valence-corrected chi connectivity index (χ2v) is 6.00. The van der Waals surface area contributed by atoms with E-state index in [-0.39, 0.29) is 11.9 Å². The minimum atomic E-state index is -0.309. The molecule has 0 atom stereocenters. The fourth-order valence-corrected chi connectivity index (χ4v) is 3.44. The highest BCUT2D eigenvalue weighted by atomic mass is 16.5. The van der Waals surface area contributed by atoms with Crippen molar-refractivity contribution >= 4 is 17.6 Å². The number of nitrogens with zero attached hydrogens (tertiary/aromatic N) is 2. The maximum atomic E-state index is 13.0. The molecule has 24 heavy (non-hydrogen) atoms. The molecule has 1 aliphatic carbocycles. The third-order valence-electron chi connectivity index (χ3n) is 4.52. The van der Waals surface area contributed by atoms with Gasteiger partial charge in [-0.1, -0.05) is 6.07 Å². The summed E-state index contributed by atoms with van der Waals surface area (Å²) in [5, 5.41) is 0. The third kappa shape index (κ3) is 2.18. The van der Waals surface area contributed by atoms with Crippen LogP contribution in [-0.4, -0.2) is 18.5 Å². The zero-order valence-electron chi connectivity index (χ0n) is 13.5. The number of benzene rings is 1. The first-order valence-electron chi connectivity index (χ1n) is 8.31. The number of H-pyrrole nitrogens is 1. The Morgan fingerprint density at radius 1 is 1.25 bits per heavy atom. The second kappa shape index (κ2) is 5.70. The predicted molar refractivity (Wildman–Crippen MR) is 85.0 cm³/mol. The van der Waals surface area contributed by atoms with Gasteiger partial charge >= 0.3 is 11.9 Å². The lowest BCUT2D eigenvalue weighted by Gasteiger charge is -2.10. The molecule has 4 rings (SSSR count). The number of carbonyl (C=O) groups is 2. The molecule has 1 aliphatic heterocycles. The summed E-state index contributed by atoms with van der Waals surface area (Å²) in [6.07, 6.45) is 5.51. The lowest BCUT2D eigenvalue weighted by atomic mass is 10.00. The molecule has 1 N–H and O–H groups in total. The van der Waals surface area contributed by atoms with E-state index in [0.717, 1.165) is 37.1 Å². The Bertz CT molecular complexity index is 847.